The molecule has 206 valence electrons. The molecule has 0 aliphatic carbocycles. The van der Waals surface area contributed by atoms with Gasteiger partial charge in [-0.2, -0.15) is 0 Å². The maximum atomic E-state index is 8.85. The fourth-order valence-electron chi connectivity index (χ4n) is 2.78. The van der Waals surface area contributed by atoms with Gasteiger partial charge in [0.25, 0.3) is 0 Å². The van der Waals surface area contributed by atoms with E-state index >= 15 is 0 Å². The molecule has 0 bridgehead atoms. The fourth-order valence-corrected chi connectivity index (χ4v) is 2.78. The predicted molar refractivity (Wildman–Crippen MR) is 132 cm³/mol. The maximum absolute atomic E-state index is 8.85. The number of ether oxygens (including phenoxy) is 7. The van der Waals surface area contributed by atoms with E-state index < -0.39 is 0 Å². The van der Waals surface area contributed by atoms with Crippen molar-refractivity contribution in [3.05, 3.63) is 0 Å². The van der Waals surface area contributed by atoms with Gasteiger partial charge in [-0.05, 0) is 7.05 Å². The van der Waals surface area contributed by atoms with Crippen molar-refractivity contribution in [2.45, 2.75) is 0 Å². The summed E-state index contributed by atoms with van der Waals surface area (Å²) in [5.74, 6) is 0. The Hall–Kier alpha value is -0.440. The standard InChI is InChI=1S/C23H51N3O8/c1-25(6-4-24-5-12-30-20-21-34-23-22-33-19-17-29-3)7-8-26(9-13-31-15-11-27)10-14-32-18-16-28-2/h24,27H,4-23H2,1-3H3. The van der Waals surface area contributed by atoms with E-state index in [-0.39, 0.29) is 6.61 Å². The third kappa shape index (κ3) is 26.2. The lowest BCUT2D eigenvalue weighted by Gasteiger charge is -2.25. The van der Waals surface area contributed by atoms with Crippen molar-refractivity contribution in [3.63, 3.8) is 0 Å². The summed E-state index contributed by atoms with van der Waals surface area (Å²) in [6, 6.07) is 0. The number of methoxy groups -OCH3 is 2. The SMILES string of the molecule is COCCOCCOCCOCCNCCN(C)CCN(CCOCCO)CCOCCOC. The minimum atomic E-state index is 0.0554. The van der Waals surface area contributed by atoms with Crippen molar-refractivity contribution in [1.29, 1.82) is 0 Å². The van der Waals surface area contributed by atoms with Gasteiger partial charge in [-0.1, -0.05) is 0 Å². The highest BCUT2D eigenvalue weighted by molar-refractivity contribution is 4.62. The number of hydrogen-bond acceptors (Lipinski definition) is 11. The number of aliphatic hydroxyl groups is 1. The summed E-state index contributed by atoms with van der Waals surface area (Å²) in [7, 11) is 5.46. The summed E-state index contributed by atoms with van der Waals surface area (Å²) in [6.45, 7) is 13.4. The molecule has 0 atom stereocenters. The van der Waals surface area contributed by atoms with Gasteiger partial charge in [0.15, 0.2) is 0 Å². The van der Waals surface area contributed by atoms with Crippen molar-refractivity contribution >= 4 is 0 Å². The van der Waals surface area contributed by atoms with Crippen LogP contribution in [0.1, 0.15) is 0 Å². The van der Waals surface area contributed by atoms with Crippen molar-refractivity contribution < 1.29 is 38.3 Å². The third-order valence-electron chi connectivity index (χ3n) is 4.84. The zero-order chi connectivity index (χ0) is 25.0. The van der Waals surface area contributed by atoms with Crippen molar-refractivity contribution in [3.8, 4) is 0 Å². The molecule has 0 aromatic rings. The summed E-state index contributed by atoms with van der Waals surface area (Å²) in [5.41, 5.74) is 0. The lowest BCUT2D eigenvalue weighted by molar-refractivity contribution is 0.00409. The molecule has 0 saturated carbocycles. The Bertz CT molecular complexity index is 386. The molecule has 0 rings (SSSR count). The van der Waals surface area contributed by atoms with Crippen LogP contribution in [0.3, 0.4) is 0 Å². The van der Waals surface area contributed by atoms with Crippen molar-refractivity contribution in [1.82, 2.24) is 15.1 Å². The minimum absolute atomic E-state index is 0.0554. The van der Waals surface area contributed by atoms with Gasteiger partial charge in [-0.25, -0.2) is 0 Å². The van der Waals surface area contributed by atoms with Gasteiger partial charge in [0.05, 0.1) is 85.9 Å². The lowest BCUT2D eigenvalue weighted by Crippen LogP contribution is -2.39. The molecular weight excluding hydrogens is 446 g/mol. The first-order chi connectivity index (χ1) is 16.7. The van der Waals surface area contributed by atoms with Crippen LogP contribution < -0.4 is 5.32 Å². The number of aliphatic hydroxyl groups excluding tert-OH is 1. The van der Waals surface area contributed by atoms with Crippen LogP contribution in [0.5, 0.6) is 0 Å². The molecule has 0 aromatic heterocycles. The molecule has 0 aliphatic heterocycles. The third-order valence-corrected chi connectivity index (χ3v) is 4.84. The van der Waals surface area contributed by atoms with Crippen LogP contribution in [0.2, 0.25) is 0 Å². The van der Waals surface area contributed by atoms with Crippen molar-refractivity contribution in [2.75, 3.05) is 153 Å². The monoisotopic (exact) mass is 497 g/mol. The molecule has 34 heavy (non-hydrogen) atoms. The first-order valence-corrected chi connectivity index (χ1v) is 12.3. The van der Waals surface area contributed by atoms with Gasteiger partial charge in [-0.3, -0.25) is 4.90 Å². The molecule has 0 unspecified atom stereocenters. The topological polar surface area (TPSA) is 103 Å². The fraction of sp³-hybridized carbons (Fsp3) is 1.00. The van der Waals surface area contributed by atoms with E-state index in [1.165, 1.54) is 0 Å². The number of nitrogens with zero attached hydrogens (tertiary/aromatic N) is 2. The Kier molecular flexibility index (Phi) is 28.4. The Morgan fingerprint density at radius 3 is 1.59 bits per heavy atom. The van der Waals surface area contributed by atoms with Crippen LogP contribution in [-0.2, 0) is 33.2 Å². The summed E-state index contributed by atoms with van der Waals surface area (Å²) in [4.78, 5) is 4.64. The zero-order valence-corrected chi connectivity index (χ0v) is 21.8. The molecule has 0 aromatic carbocycles. The molecule has 0 saturated heterocycles. The van der Waals surface area contributed by atoms with Crippen LogP contribution in [0.15, 0.2) is 0 Å². The number of nitrogens with one attached hydrogen (secondary N) is 1. The number of likely N-dealkylation sites (N-methyl/N-ethyl adjacent to an activating group) is 1. The van der Waals surface area contributed by atoms with Crippen LogP contribution in [0.4, 0.5) is 0 Å². The molecule has 0 spiro atoms. The van der Waals surface area contributed by atoms with Gasteiger partial charge >= 0.3 is 0 Å². The Balaban J connectivity index is 3.64. The van der Waals surface area contributed by atoms with E-state index in [0.29, 0.717) is 79.3 Å². The number of hydrogen-bond donors (Lipinski definition) is 2. The summed E-state index contributed by atoms with van der Waals surface area (Å²) in [6.07, 6.45) is 0. The van der Waals surface area contributed by atoms with Gasteiger partial charge < -0.3 is 48.5 Å². The van der Waals surface area contributed by atoms with Gasteiger partial charge in [0, 0.05) is 60.0 Å². The highest BCUT2D eigenvalue weighted by atomic mass is 16.6. The lowest BCUT2D eigenvalue weighted by atomic mass is 10.4. The van der Waals surface area contributed by atoms with Crippen LogP contribution in [-0.4, -0.2) is 168 Å². The molecule has 0 heterocycles. The second-order valence-corrected chi connectivity index (χ2v) is 7.67. The van der Waals surface area contributed by atoms with Gasteiger partial charge in [0.1, 0.15) is 0 Å². The Morgan fingerprint density at radius 2 is 1.03 bits per heavy atom. The zero-order valence-electron chi connectivity index (χ0n) is 21.8. The smallest absolute Gasteiger partial charge is 0.0701 e. The van der Waals surface area contributed by atoms with Crippen LogP contribution in [0.25, 0.3) is 0 Å². The molecule has 2 N–H and O–H groups in total. The van der Waals surface area contributed by atoms with Gasteiger partial charge in [0.2, 0.25) is 0 Å². The largest absolute Gasteiger partial charge is 0.394 e. The molecule has 11 nitrogen and oxygen atoms in total. The maximum Gasteiger partial charge on any atom is 0.0701 e. The highest BCUT2D eigenvalue weighted by Gasteiger charge is 2.07. The quantitative estimate of drug-likeness (QED) is 0.127. The molecule has 0 amide bonds. The van der Waals surface area contributed by atoms with Crippen LogP contribution >= 0.6 is 0 Å². The first kappa shape index (κ1) is 33.6. The van der Waals surface area contributed by atoms with Gasteiger partial charge in [-0.15, -0.1) is 0 Å². The summed E-state index contributed by atoms with van der Waals surface area (Å²) < 4.78 is 37.3. The average molecular weight is 498 g/mol. The Morgan fingerprint density at radius 1 is 0.529 bits per heavy atom. The average Bonchev–Trinajstić information content (AvgIpc) is 2.84. The second kappa shape index (κ2) is 28.8. The number of rotatable bonds is 29. The van der Waals surface area contributed by atoms with E-state index in [1.807, 2.05) is 0 Å². The Labute approximate surface area is 206 Å². The van der Waals surface area contributed by atoms with Crippen molar-refractivity contribution in [2.24, 2.45) is 0 Å². The molecular formula is C23H51N3O8. The summed E-state index contributed by atoms with van der Waals surface area (Å²) in [5, 5.41) is 12.3. The molecule has 11 heteroatoms. The molecule has 0 aliphatic rings. The minimum Gasteiger partial charge on any atom is -0.394 e. The van der Waals surface area contributed by atoms with E-state index in [2.05, 4.69) is 22.2 Å². The van der Waals surface area contributed by atoms with E-state index in [9.17, 15) is 0 Å². The normalized spacial score (nSPS) is 11.8. The van der Waals surface area contributed by atoms with Crippen LogP contribution in [0, 0.1) is 0 Å². The first-order valence-electron chi connectivity index (χ1n) is 12.3. The molecule has 0 radical (unpaired) electrons. The molecule has 0 fully saturated rings. The second-order valence-electron chi connectivity index (χ2n) is 7.67. The summed E-state index contributed by atoms with van der Waals surface area (Å²) >= 11 is 0. The van der Waals surface area contributed by atoms with E-state index in [0.717, 1.165) is 45.8 Å². The highest BCUT2D eigenvalue weighted by Crippen LogP contribution is 1.93. The van der Waals surface area contributed by atoms with E-state index in [1.54, 1.807) is 14.2 Å². The predicted octanol–water partition coefficient (Wildman–Crippen LogP) is -0.822. The van der Waals surface area contributed by atoms with E-state index in [4.69, 9.17) is 38.3 Å².